The third-order valence-corrected chi connectivity index (χ3v) is 11.1. The van der Waals surface area contributed by atoms with Gasteiger partial charge in [0.1, 0.15) is 18.0 Å². The second-order valence-electron chi connectivity index (χ2n) is 12.2. The van der Waals surface area contributed by atoms with Gasteiger partial charge in [-0.05, 0) is 42.9 Å². The summed E-state index contributed by atoms with van der Waals surface area (Å²) in [5.74, 6) is -22.4. The van der Waals surface area contributed by atoms with Crippen LogP contribution in [0.15, 0.2) is 35.9 Å². The van der Waals surface area contributed by atoms with Gasteiger partial charge in [0.15, 0.2) is 33.0 Å². The van der Waals surface area contributed by atoms with E-state index in [2.05, 4.69) is 0 Å². The van der Waals surface area contributed by atoms with E-state index in [-0.39, 0.29) is 60.8 Å². The van der Waals surface area contributed by atoms with Crippen LogP contribution >= 0.6 is 23.2 Å². The highest BCUT2D eigenvalue weighted by Gasteiger charge is 2.77. The second kappa shape index (κ2) is 12.4. The Morgan fingerprint density at radius 1 is 0.898 bits per heavy atom. The number of aliphatic carboxylic acids is 1. The summed E-state index contributed by atoms with van der Waals surface area (Å²) in [7, 11) is 0. The number of aliphatic hydroxyl groups excluding tert-OH is 1. The van der Waals surface area contributed by atoms with Gasteiger partial charge in [-0.2, -0.15) is 0 Å². The predicted octanol–water partition coefficient (Wildman–Crippen LogP) is 4.18. The molecular formula is C32H25Cl2F5N2O8. The van der Waals surface area contributed by atoms with Crippen LogP contribution < -0.4 is 9.64 Å². The van der Waals surface area contributed by atoms with Crippen LogP contribution in [0.4, 0.5) is 27.6 Å². The van der Waals surface area contributed by atoms with Gasteiger partial charge in [0.2, 0.25) is 17.6 Å². The number of fused-ring (bicyclic) bond motifs is 4. The molecule has 10 nitrogen and oxygen atoms in total. The van der Waals surface area contributed by atoms with E-state index in [1.165, 1.54) is 24.3 Å². The molecule has 2 saturated heterocycles. The summed E-state index contributed by atoms with van der Waals surface area (Å²) >= 11 is 14.1. The molecule has 2 aromatic rings. The molecule has 17 heteroatoms. The first-order valence-electron chi connectivity index (χ1n) is 15.0. The van der Waals surface area contributed by atoms with Crippen LogP contribution in [0, 0.1) is 46.8 Å². The topological polar surface area (TPSA) is 142 Å². The number of alkyl halides is 2. The number of carboxylic acids is 1. The summed E-state index contributed by atoms with van der Waals surface area (Å²) < 4.78 is 78.3. The maximum atomic E-state index is 15.1. The molecule has 0 bridgehead atoms. The summed E-state index contributed by atoms with van der Waals surface area (Å²) in [6, 6.07) is 5.70. The normalized spacial score (nSPS) is 29.2. The van der Waals surface area contributed by atoms with E-state index in [9.17, 15) is 37.1 Å². The van der Waals surface area contributed by atoms with E-state index in [1.807, 2.05) is 0 Å². The molecule has 4 amide bonds. The fourth-order valence-corrected chi connectivity index (χ4v) is 8.47. The molecule has 0 aromatic heterocycles. The summed E-state index contributed by atoms with van der Waals surface area (Å²) in [5.41, 5.74) is -1.43. The van der Waals surface area contributed by atoms with Crippen LogP contribution in [0.2, 0.25) is 0 Å². The quantitative estimate of drug-likeness (QED) is 0.0978. The number of amides is 4. The zero-order valence-electron chi connectivity index (χ0n) is 25.0. The Labute approximate surface area is 284 Å². The molecular weight excluding hydrogens is 706 g/mol. The smallest absolute Gasteiger partial charge is 0.303 e. The van der Waals surface area contributed by atoms with Gasteiger partial charge in [-0.25, -0.2) is 26.9 Å². The Kier molecular flexibility index (Phi) is 8.77. The van der Waals surface area contributed by atoms with E-state index >= 15 is 8.78 Å². The SMILES string of the molecule is O=C(O)CCCN1C(=O)[C@H]2[C@H](CC=C3[C@H]2C[C@@]2(Cl)C(=O)N(c4c(F)c(F)c(F)c(F)c4F)C(=O)[C@@]2(Cl)[C@H]3c2ccc(OCCO)cc2)C1=O. The number of nitrogens with zero attached hydrogens (tertiary/aromatic N) is 2. The van der Waals surface area contributed by atoms with Crippen LogP contribution in [-0.2, 0) is 24.0 Å². The van der Waals surface area contributed by atoms with Crippen LogP contribution in [0.5, 0.6) is 5.75 Å². The minimum absolute atomic E-state index is 0.0430. The zero-order valence-corrected chi connectivity index (χ0v) is 26.5. The molecule has 2 N–H and O–H groups in total. The molecule has 6 rings (SSSR count). The van der Waals surface area contributed by atoms with Crippen molar-refractivity contribution in [3.63, 3.8) is 0 Å². The van der Waals surface area contributed by atoms with Gasteiger partial charge in [0.25, 0.3) is 11.8 Å². The predicted molar refractivity (Wildman–Crippen MR) is 159 cm³/mol. The van der Waals surface area contributed by atoms with Gasteiger partial charge in [0.05, 0.1) is 18.4 Å². The first-order chi connectivity index (χ1) is 23.1. The minimum atomic E-state index is -2.67. The van der Waals surface area contributed by atoms with Crippen LogP contribution in [-0.4, -0.2) is 74.2 Å². The number of rotatable bonds is 9. The highest BCUT2D eigenvalue weighted by molar-refractivity contribution is 6.58. The van der Waals surface area contributed by atoms with E-state index in [0.29, 0.717) is 0 Å². The molecule has 0 unspecified atom stereocenters. The average Bonchev–Trinajstić information content (AvgIpc) is 3.40. The van der Waals surface area contributed by atoms with E-state index in [4.69, 9.17) is 38.2 Å². The lowest BCUT2D eigenvalue weighted by molar-refractivity contribution is -0.142. The Balaban J connectivity index is 1.51. The fourth-order valence-electron chi connectivity index (χ4n) is 7.53. The lowest BCUT2D eigenvalue weighted by Gasteiger charge is -2.50. The number of imide groups is 2. The number of ether oxygens (including phenoxy) is 1. The fraction of sp³-hybridized carbons (Fsp3) is 0.406. The van der Waals surface area contributed by atoms with Gasteiger partial charge >= 0.3 is 5.97 Å². The number of aliphatic hydroxyl groups is 1. The Bertz CT molecular complexity index is 1810. The number of carboxylic acid groups (broad SMARTS) is 1. The first kappa shape index (κ1) is 34.8. The number of halogens is 7. The minimum Gasteiger partial charge on any atom is -0.491 e. The van der Waals surface area contributed by atoms with Crippen LogP contribution in [0.3, 0.4) is 0 Å². The van der Waals surface area contributed by atoms with E-state index < -0.39 is 104 Å². The van der Waals surface area contributed by atoms with Crippen molar-refractivity contribution in [1.82, 2.24) is 4.90 Å². The van der Waals surface area contributed by atoms with Crippen molar-refractivity contribution >= 4 is 58.5 Å². The number of benzene rings is 2. The summed E-state index contributed by atoms with van der Waals surface area (Å²) in [6.45, 7) is -0.605. The number of hydrogen-bond acceptors (Lipinski definition) is 7. The van der Waals surface area contributed by atoms with Gasteiger partial charge in [-0.3, -0.25) is 28.9 Å². The second-order valence-corrected chi connectivity index (χ2v) is 13.4. The first-order valence-corrected chi connectivity index (χ1v) is 15.8. The van der Waals surface area contributed by atoms with Crippen molar-refractivity contribution in [3.8, 4) is 5.75 Å². The van der Waals surface area contributed by atoms with Crippen molar-refractivity contribution in [3.05, 3.63) is 70.6 Å². The molecule has 49 heavy (non-hydrogen) atoms. The largest absolute Gasteiger partial charge is 0.491 e. The maximum absolute atomic E-state index is 15.1. The lowest BCUT2D eigenvalue weighted by atomic mass is 9.56. The standard InChI is InChI=1S/C32H25Cl2F5N2O8/c33-31-12-17-15(7-8-16-19(17)28(46)40(27(16)45)9-1-2-18(43)44)20(13-3-5-14(6-4-13)49-11-10-42)32(31,34)30(48)41(29(31)47)26-24(38)22(36)21(35)23(37)25(26)39/h3-7,16-17,19-20,42H,1-2,8-12H2,(H,43,44)/t16-,17+,19-,20-,31+,32-/m0/s1. The average molecular weight is 731 g/mol. The molecule has 0 radical (unpaired) electrons. The van der Waals surface area contributed by atoms with Gasteiger partial charge < -0.3 is 14.9 Å². The van der Waals surface area contributed by atoms with Crippen molar-refractivity contribution < 1.29 is 60.9 Å². The molecule has 1 saturated carbocycles. The Morgan fingerprint density at radius 3 is 2.10 bits per heavy atom. The summed E-state index contributed by atoms with van der Waals surface area (Å²) in [5, 5.41) is 18.1. The number of anilines is 1. The van der Waals surface area contributed by atoms with Gasteiger partial charge in [-0.15, -0.1) is 23.2 Å². The van der Waals surface area contributed by atoms with Crippen molar-refractivity contribution in [2.75, 3.05) is 24.7 Å². The number of carbonyl (C=O) groups excluding carboxylic acids is 4. The molecule has 2 heterocycles. The molecule has 2 aliphatic heterocycles. The number of allylic oxidation sites excluding steroid dienone is 2. The van der Waals surface area contributed by atoms with Crippen LogP contribution in [0.1, 0.15) is 37.2 Å². The monoisotopic (exact) mass is 730 g/mol. The van der Waals surface area contributed by atoms with Gasteiger partial charge in [0, 0.05) is 18.9 Å². The van der Waals surface area contributed by atoms with Crippen molar-refractivity contribution in [1.29, 1.82) is 0 Å². The molecule has 4 aliphatic rings. The lowest BCUT2D eigenvalue weighted by Crippen LogP contribution is -2.60. The van der Waals surface area contributed by atoms with Gasteiger partial charge in [-0.1, -0.05) is 23.8 Å². The van der Waals surface area contributed by atoms with Crippen molar-refractivity contribution in [2.24, 2.45) is 17.8 Å². The maximum Gasteiger partial charge on any atom is 0.303 e. The summed E-state index contributed by atoms with van der Waals surface area (Å²) in [6.07, 6.45) is 0.480. The highest BCUT2D eigenvalue weighted by Crippen LogP contribution is 2.66. The summed E-state index contributed by atoms with van der Waals surface area (Å²) in [4.78, 5) is 62.0. The molecule has 2 aliphatic carbocycles. The zero-order chi connectivity index (χ0) is 35.7. The Hall–Kier alpha value is -4.08. The molecule has 2 aromatic carbocycles. The number of likely N-dealkylation sites (tertiary alicyclic amines) is 1. The Morgan fingerprint density at radius 2 is 1.51 bits per heavy atom. The van der Waals surface area contributed by atoms with Crippen LogP contribution in [0.25, 0.3) is 0 Å². The molecule has 6 atom stereocenters. The third-order valence-electron chi connectivity index (χ3n) is 9.66. The molecule has 0 spiro atoms. The van der Waals surface area contributed by atoms with E-state index in [1.54, 1.807) is 6.08 Å². The molecule has 3 fully saturated rings. The molecule has 260 valence electrons. The van der Waals surface area contributed by atoms with Crippen molar-refractivity contribution in [2.45, 2.75) is 41.3 Å². The highest BCUT2D eigenvalue weighted by atomic mass is 35.5. The number of hydrogen-bond donors (Lipinski definition) is 2. The number of carbonyl (C=O) groups is 5. The third kappa shape index (κ3) is 4.95. The van der Waals surface area contributed by atoms with E-state index in [0.717, 1.165) is 4.90 Å².